The minimum absolute atomic E-state index is 0.177. The van der Waals surface area contributed by atoms with Gasteiger partial charge in [0, 0.05) is 19.0 Å². The monoisotopic (exact) mass is 285 g/mol. The molecule has 1 amide bonds. The topological polar surface area (TPSA) is 58.4 Å². The van der Waals surface area contributed by atoms with Crippen molar-refractivity contribution < 1.29 is 4.79 Å². The first kappa shape index (κ1) is 19.4. The molecule has 0 aliphatic rings. The van der Waals surface area contributed by atoms with E-state index in [4.69, 9.17) is 5.73 Å². The van der Waals surface area contributed by atoms with Gasteiger partial charge in [-0.1, -0.05) is 27.2 Å². The van der Waals surface area contributed by atoms with E-state index in [1.165, 1.54) is 0 Å². The zero-order valence-electron chi connectivity index (χ0n) is 14.1. The van der Waals surface area contributed by atoms with Crippen LogP contribution in [-0.2, 0) is 4.79 Å². The molecule has 0 fully saturated rings. The van der Waals surface area contributed by atoms with Gasteiger partial charge < -0.3 is 16.0 Å². The summed E-state index contributed by atoms with van der Waals surface area (Å²) in [6, 6.07) is 0.421. The number of hydrogen-bond acceptors (Lipinski definition) is 3. The standard InChI is InChI=1S/C16H35N3O/c1-6-14(9-10-17)7-8-16(20)18-12-15(19(4)5)11-13(2)3/h13-15H,6-12,17H2,1-5H3,(H,18,20). The Hall–Kier alpha value is -0.610. The average Bonchev–Trinajstić information content (AvgIpc) is 2.38. The lowest BCUT2D eigenvalue weighted by Crippen LogP contribution is -2.41. The first-order valence-corrected chi connectivity index (χ1v) is 8.03. The lowest BCUT2D eigenvalue weighted by Gasteiger charge is -2.26. The van der Waals surface area contributed by atoms with Gasteiger partial charge in [0.2, 0.25) is 5.91 Å². The molecule has 0 spiro atoms. The third kappa shape index (κ3) is 9.32. The molecular formula is C16H35N3O. The predicted molar refractivity (Wildman–Crippen MR) is 86.6 cm³/mol. The van der Waals surface area contributed by atoms with E-state index in [2.05, 4.69) is 45.1 Å². The zero-order valence-corrected chi connectivity index (χ0v) is 14.1. The molecule has 0 bridgehead atoms. The minimum atomic E-state index is 0.177. The fraction of sp³-hybridized carbons (Fsp3) is 0.938. The van der Waals surface area contributed by atoms with Gasteiger partial charge in [-0.25, -0.2) is 0 Å². The second-order valence-electron chi connectivity index (χ2n) is 6.44. The number of carbonyl (C=O) groups is 1. The maximum absolute atomic E-state index is 11.9. The number of rotatable bonds is 11. The molecule has 2 atom stereocenters. The van der Waals surface area contributed by atoms with Crippen molar-refractivity contribution in [2.24, 2.45) is 17.6 Å². The smallest absolute Gasteiger partial charge is 0.220 e. The van der Waals surface area contributed by atoms with Crippen LogP contribution in [0.1, 0.15) is 52.9 Å². The summed E-state index contributed by atoms with van der Waals surface area (Å²) in [5, 5.41) is 3.08. The van der Waals surface area contributed by atoms with E-state index >= 15 is 0 Å². The van der Waals surface area contributed by atoms with Crippen LogP contribution in [0.15, 0.2) is 0 Å². The van der Waals surface area contributed by atoms with E-state index in [1.54, 1.807) is 0 Å². The Bertz CT molecular complexity index is 254. The Morgan fingerprint density at radius 3 is 2.35 bits per heavy atom. The first-order valence-electron chi connectivity index (χ1n) is 8.03. The van der Waals surface area contributed by atoms with Crippen LogP contribution in [-0.4, -0.2) is 44.0 Å². The van der Waals surface area contributed by atoms with Gasteiger partial charge in [-0.2, -0.15) is 0 Å². The van der Waals surface area contributed by atoms with Crippen LogP contribution >= 0.6 is 0 Å². The molecular weight excluding hydrogens is 250 g/mol. The third-order valence-electron chi connectivity index (χ3n) is 3.94. The first-order chi connectivity index (χ1) is 9.40. The molecule has 3 N–H and O–H groups in total. The molecule has 0 aromatic heterocycles. The Labute approximate surface area is 125 Å². The fourth-order valence-electron chi connectivity index (χ4n) is 2.46. The number of hydrogen-bond donors (Lipinski definition) is 2. The lowest BCUT2D eigenvalue weighted by atomic mass is 9.96. The molecule has 0 aliphatic heterocycles. The van der Waals surface area contributed by atoms with E-state index in [0.29, 0.717) is 24.3 Å². The summed E-state index contributed by atoms with van der Waals surface area (Å²) in [5.41, 5.74) is 5.58. The average molecular weight is 285 g/mol. The van der Waals surface area contributed by atoms with E-state index in [-0.39, 0.29) is 5.91 Å². The maximum Gasteiger partial charge on any atom is 0.220 e. The second-order valence-corrected chi connectivity index (χ2v) is 6.44. The summed E-state index contributed by atoms with van der Waals surface area (Å²) in [5.74, 6) is 1.41. The van der Waals surface area contributed by atoms with Gasteiger partial charge in [0.15, 0.2) is 0 Å². The van der Waals surface area contributed by atoms with Crippen LogP contribution in [0.2, 0.25) is 0 Å². The van der Waals surface area contributed by atoms with E-state index in [9.17, 15) is 4.79 Å². The SMILES string of the molecule is CCC(CCN)CCC(=O)NCC(CC(C)C)N(C)C. The molecule has 0 heterocycles. The maximum atomic E-state index is 11.9. The molecule has 0 saturated heterocycles. The van der Waals surface area contributed by atoms with Crippen molar-refractivity contribution in [1.82, 2.24) is 10.2 Å². The third-order valence-corrected chi connectivity index (χ3v) is 3.94. The molecule has 4 heteroatoms. The van der Waals surface area contributed by atoms with Crippen molar-refractivity contribution in [3.63, 3.8) is 0 Å². The van der Waals surface area contributed by atoms with Crippen molar-refractivity contribution in [1.29, 1.82) is 0 Å². The molecule has 0 radical (unpaired) electrons. The molecule has 0 saturated carbocycles. The molecule has 0 aromatic carbocycles. The molecule has 2 unspecified atom stereocenters. The van der Waals surface area contributed by atoms with E-state index < -0.39 is 0 Å². The summed E-state index contributed by atoms with van der Waals surface area (Å²) >= 11 is 0. The lowest BCUT2D eigenvalue weighted by molar-refractivity contribution is -0.121. The number of carbonyl (C=O) groups excluding carboxylic acids is 1. The van der Waals surface area contributed by atoms with Crippen molar-refractivity contribution in [3.8, 4) is 0 Å². The predicted octanol–water partition coefficient (Wildman–Crippen LogP) is 2.23. The van der Waals surface area contributed by atoms with Crippen molar-refractivity contribution in [2.75, 3.05) is 27.2 Å². The van der Waals surface area contributed by atoms with Crippen LogP contribution < -0.4 is 11.1 Å². The Balaban J connectivity index is 4.00. The molecule has 20 heavy (non-hydrogen) atoms. The molecule has 0 aliphatic carbocycles. The largest absolute Gasteiger partial charge is 0.355 e. The number of nitrogens with two attached hydrogens (primary N) is 1. The number of nitrogens with one attached hydrogen (secondary N) is 1. The normalized spacial score (nSPS) is 14.6. The number of nitrogens with zero attached hydrogens (tertiary/aromatic N) is 1. The van der Waals surface area contributed by atoms with Crippen LogP contribution in [0, 0.1) is 11.8 Å². The van der Waals surface area contributed by atoms with Crippen LogP contribution in [0.4, 0.5) is 0 Å². The van der Waals surface area contributed by atoms with Crippen molar-refractivity contribution >= 4 is 5.91 Å². The minimum Gasteiger partial charge on any atom is -0.355 e. The zero-order chi connectivity index (χ0) is 15.5. The highest BCUT2D eigenvalue weighted by molar-refractivity contribution is 5.75. The molecule has 0 rings (SSSR count). The molecule has 4 nitrogen and oxygen atoms in total. The van der Waals surface area contributed by atoms with Gasteiger partial charge in [-0.3, -0.25) is 4.79 Å². The van der Waals surface area contributed by atoms with Crippen molar-refractivity contribution in [3.05, 3.63) is 0 Å². The Kier molecular flexibility index (Phi) is 10.8. The fourth-order valence-corrected chi connectivity index (χ4v) is 2.46. The van der Waals surface area contributed by atoms with Gasteiger partial charge in [0.05, 0.1) is 0 Å². The second kappa shape index (κ2) is 11.1. The number of likely N-dealkylation sites (N-methyl/N-ethyl adjacent to an activating group) is 1. The van der Waals surface area contributed by atoms with Gasteiger partial charge in [-0.05, 0) is 51.7 Å². The van der Waals surface area contributed by atoms with Crippen molar-refractivity contribution in [2.45, 2.75) is 58.9 Å². The highest BCUT2D eigenvalue weighted by atomic mass is 16.1. The van der Waals surface area contributed by atoms with E-state index in [1.807, 2.05) is 0 Å². The summed E-state index contributed by atoms with van der Waals surface area (Å²) in [6.07, 6.45) is 4.82. The van der Waals surface area contributed by atoms with Gasteiger partial charge >= 0.3 is 0 Å². The van der Waals surface area contributed by atoms with Crippen LogP contribution in [0.25, 0.3) is 0 Å². The van der Waals surface area contributed by atoms with Gasteiger partial charge in [0.1, 0.15) is 0 Å². The summed E-state index contributed by atoms with van der Waals surface area (Å²) in [6.45, 7) is 8.08. The Morgan fingerprint density at radius 1 is 1.25 bits per heavy atom. The quantitative estimate of drug-likeness (QED) is 0.612. The number of amides is 1. The van der Waals surface area contributed by atoms with Gasteiger partial charge in [0.25, 0.3) is 0 Å². The highest BCUT2D eigenvalue weighted by Crippen LogP contribution is 2.14. The van der Waals surface area contributed by atoms with Gasteiger partial charge in [-0.15, -0.1) is 0 Å². The molecule has 120 valence electrons. The summed E-state index contributed by atoms with van der Waals surface area (Å²) < 4.78 is 0. The molecule has 0 aromatic rings. The van der Waals surface area contributed by atoms with E-state index in [0.717, 1.165) is 38.8 Å². The van der Waals surface area contributed by atoms with Crippen LogP contribution in [0.5, 0.6) is 0 Å². The highest BCUT2D eigenvalue weighted by Gasteiger charge is 2.15. The summed E-state index contributed by atoms with van der Waals surface area (Å²) in [4.78, 5) is 14.1. The summed E-state index contributed by atoms with van der Waals surface area (Å²) in [7, 11) is 4.15. The van der Waals surface area contributed by atoms with Crippen LogP contribution in [0.3, 0.4) is 0 Å². The Morgan fingerprint density at radius 2 is 1.90 bits per heavy atom.